The quantitative estimate of drug-likeness (QED) is 0.507. The van der Waals surface area contributed by atoms with Crippen LogP contribution in [0.2, 0.25) is 5.02 Å². The van der Waals surface area contributed by atoms with E-state index in [1.54, 1.807) is 18.3 Å². The molecule has 0 saturated carbocycles. The number of ether oxygens (including phenoxy) is 1. The maximum atomic E-state index is 12.5. The number of nitro benzene ring substituents is 1. The number of benzene rings is 1. The Morgan fingerprint density at radius 2 is 2.15 bits per heavy atom. The number of aryl methyl sites for hydroxylation is 1. The molecule has 2 aromatic heterocycles. The summed E-state index contributed by atoms with van der Waals surface area (Å²) in [7, 11) is 0. The van der Waals surface area contributed by atoms with Crippen LogP contribution in [0.5, 0.6) is 11.5 Å². The van der Waals surface area contributed by atoms with Crippen LogP contribution >= 0.6 is 11.6 Å². The Morgan fingerprint density at radius 3 is 2.81 bits per heavy atom. The molecule has 0 saturated heterocycles. The lowest BCUT2D eigenvalue weighted by Gasteiger charge is -2.10. The fourth-order valence-electron chi connectivity index (χ4n) is 2.38. The average molecular weight is 388 g/mol. The molecular weight excluding hydrogens is 374 g/mol. The third kappa shape index (κ3) is 4.21. The van der Waals surface area contributed by atoms with Crippen molar-refractivity contribution in [2.45, 2.75) is 13.5 Å². The van der Waals surface area contributed by atoms with E-state index in [2.05, 4.69) is 15.4 Å². The molecule has 3 rings (SSSR count). The van der Waals surface area contributed by atoms with Gasteiger partial charge in [-0.1, -0.05) is 11.6 Å². The number of rotatable bonds is 6. The molecule has 3 aromatic rings. The first kappa shape index (κ1) is 18.3. The number of aromatic nitrogens is 3. The molecule has 9 nitrogen and oxygen atoms in total. The molecule has 138 valence electrons. The first-order valence-electron chi connectivity index (χ1n) is 7.88. The Morgan fingerprint density at radius 1 is 1.33 bits per heavy atom. The number of pyridine rings is 1. The van der Waals surface area contributed by atoms with Gasteiger partial charge in [-0.25, -0.2) is 0 Å². The Balaban J connectivity index is 1.91. The van der Waals surface area contributed by atoms with Gasteiger partial charge in [0, 0.05) is 24.9 Å². The third-order valence-corrected chi connectivity index (χ3v) is 3.82. The standard InChI is InChI=1S/C17H14ClN5O4/c1-2-22-16(15(18)10-20-22)17(24)21-11-6-12(23(25)26)8-14(7-11)27-13-4-3-5-19-9-13/h3-10H,2H2,1H3,(H,21,24). The Bertz CT molecular complexity index is 990. The van der Waals surface area contributed by atoms with Crippen molar-refractivity contribution < 1.29 is 14.5 Å². The number of nitrogens with zero attached hydrogens (tertiary/aromatic N) is 4. The molecule has 1 N–H and O–H groups in total. The van der Waals surface area contributed by atoms with Crippen molar-refractivity contribution in [3.05, 3.63) is 69.8 Å². The van der Waals surface area contributed by atoms with Crippen molar-refractivity contribution in [1.82, 2.24) is 14.8 Å². The minimum atomic E-state index is -0.574. The normalized spacial score (nSPS) is 10.4. The molecule has 0 aliphatic heterocycles. The van der Waals surface area contributed by atoms with Gasteiger partial charge >= 0.3 is 0 Å². The lowest BCUT2D eigenvalue weighted by atomic mass is 10.2. The van der Waals surface area contributed by atoms with E-state index in [9.17, 15) is 14.9 Å². The number of hydrogen-bond donors (Lipinski definition) is 1. The van der Waals surface area contributed by atoms with Gasteiger partial charge in [-0.3, -0.25) is 24.6 Å². The van der Waals surface area contributed by atoms with E-state index in [0.29, 0.717) is 12.3 Å². The molecule has 0 aliphatic rings. The highest BCUT2D eigenvalue weighted by Crippen LogP contribution is 2.30. The molecule has 0 bridgehead atoms. The zero-order valence-electron chi connectivity index (χ0n) is 14.1. The van der Waals surface area contributed by atoms with E-state index in [1.807, 2.05) is 6.92 Å². The molecule has 0 spiro atoms. The van der Waals surface area contributed by atoms with Crippen LogP contribution in [-0.4, -0.2) is 25.6 Å². The third-order valence-electron chi connectivity index (χ3n) is 3.54. The fraction of sp³-hybridized carbons (Fsp3) is 0.118. The van der Waals surface area contributed by atoms with Crippen LogP contribution in [-0.2, 0) is 6.54 Å². The molecular formula is C17H14ClN5O4. The smallest absolute Gasteiger partial charge is 0.275 e. The summed E-state index contributed by atoms with van der Waals surface area (Å²) in [5.41, 5.74) is 0.121. The summed E-state index contributed by atoms with van der Waals surface area (Å²) in [6, 6.07) is 7.28. The highest BCUT2D eigenvalue weighted by molar-refractivity contribution is 6.34. The fourth-order valence-corrected chi connectivity index (χ4v) is 2.61. The second-order valence-corrected chi connectivity index (χ2v) is 5.78. The van der Waals surface area contributed by atoms with Gasteiger partial charge in [-0.05, 0) is 19.1 Å². The largest absolute Gasteiger partial charge is 0.455 e. The van der Waals surface area contributed by atoms with E-state index in [4.69, 9.17) is 16.3 Å². The zero-order valence-corrected chi connectivity index (χ0v) is 14.9. The van der Waals surface area contributed by atoms with Crippen molar-refractivity contribution in [2.75, 3.05) is 5.32 Å². The number of anilines is 1. The Labute approximate surface area is 158 Å². The topological polar surface area (TPSA) is 112 Å². The molecule has 0 unspecified atom stereocenters. The van der Waals surface area contributed by atoms with E-state index in [0.717, 1.165) is 0 Å². The predicted octanol–water partition coefficient (Wildman–Crippen LogP) is 3.90. The number of halogens is 1. The van der Waals surface area contributed by atoms with Crippen LogP contribution in [0.25, 0.3) is 0 Å². The summed E-state index contributed by atoms with van der Waals surface area (Å²) in [5.74, 6) is 0.0529. The second kappa shape index (κ2) is 7.83. The lowest BCUT2D eigenvalue weighted by Crippen LogP contribution is -2.18. The average Bonchev–Trinajstić information content (AvgIpc) is 3.03. The van der Waals surface area contributed by atoms with Crippen LogP contribution in [0.4, 0.5) is 11.4 Å². The SMILES string of the molecule is CCn1ncc(Cl)c1C(=O)Nc1cc(Oc2cccnc2)cc([N+](=O)[O-])c1. The van der Waals surface area contributed by atoms with Crippen molar-refractivity contribution >= 4 is 28.9 Å². The van der Waals surface area contributed by atoms with Gasteiger partial charge < -0.3 is 10.1 Å². The minimum absolute atomic E-state index is 0.167. The lowest BCUT2D eigenvalue weighted by molar-refractivity contribution is -0.384. The monoisotopic (exact) mass is 387 g/mol. The first-order chi connectivity index (χ1) is 13.0. The number of non-ortho nitro benzene ring substituents is 1. The van der Waals surface area contributed by atoms with Gasteiger partial charge in [-0.2, -0.15) is 5.10 Å². The summed E-state index contributed by atoms with van der Waals surface area (Å²) in [5, 5.41) is 18.0. The number of carbonyl (C=O) groups excluding carboxylic acids is 1. The van der Waals surface area contributed by atoms with Crippen molar-refractivity contribution in [2.24, 2.45) is 0 Å². The maximum absolute atomic E-state index is 12.5. The van der Waals surface area contributed by atoms with E-state index in [-0.39, 0.29) is 27.8 Å². The number of hydrogen-bond acceptors (Lipinski definition) is 6. The molecule has 0 radical (unpaired) electrons. The van der Waals surface area contributed by atoms with Gasteiger partial charge in [0.25, 0.3) is 11.6 Å². The maximum Gasteiger partial charge on any atom is 0.275 e. The molecule has 0 aliphatic carbocycles. The number of nitro groups is 1. The van der Waals surface area contributed by atoms with E-state index >= 15 is 0 Å². The van der Waals surface area contributed by atoms with E-state index < -0.39 is 10.8 Å². The van der Waals surface area contributed by atoms with Gasteiger partial charge in [0.05, 0.1) is 34.1 Å². The molecule has 27 heavy (non-hydrogen) atoms. The van der Waals surface area contributed by atoms with Gasteiger partial charge in [0.2, 0.25) is 0 Å². The van der Waals surface area contributed by atoms with Crippen LogP contribution in [0.15, 0.2) is 48.9 Å². The predicted molar refractivity (Wildman–Crippen MR) is 98.3 cm³/mol. The van der Waals surface area contributed by atoms with Gasteiger partial charge in [-0.15, -0.1) is 0 Å². The summed E-state index contributed by atoms with van der Waals surface area (Å²) in [4.78, 5) is 27.1. The Hall–Kier alpha value is -3.46. The van der Waals surface area contributed by atoms with Crippen LogP contribution in [0, 0.1) is 10.1 Å². The van der Waals surface area contributed by atoms with Crippen molar-refractivity contribution in [3.8, 4) is 11.5 Å². The van der Waals surface area contributed by atoms with E-state index in [1.165, 1.54) is 35.3 Å². The summed E-state index contributed by atoms with van der Waals surface area (Å²) in [6.45, 7) is 2.26. The molecule has 0 fully saturated rings. The molecule has 10 heteroatoms. The first-order valence-corrected chi connectivity index (χ1v) is 8.25. The summed E-state index contributed by atoms with van der Waals surface area (Å²) in [6.07, 6.45) is 4.41. The van der Waals surface area contributed by atoms with Gasteiger partial charge in [0.15, 0.2) is 0 Å². The minimum Gasteiger partial charge on any atom is -0.455 e. The number of amides is 1. The molecule has 2 heterocycles. The van der Waals surface area contributed by atoms with Crippen molar-refractivity contribution in [3.63, 3.8) is 0 Å². The van der Waals surface area contributed by atoms with Crippen molar-refractivity contribution in [1.29, 1.82) is 0 Å². The van der Waals surface area contributed by atoms with Crippen LogP contribution in [0.1, 0.15) is 17.4 Å². The highest BCUT2D eigenvalue weighted by Gasteiger charge is 2.19. The highest BCUT2D eigenvalue weighted by atomic mass is 35.5. The molecule has 1 aromatic carbocycles. The van der Waals surface area contributed by atoms with Gasteiger partial charge in [0.1, 0.15) is 17.2 Å². The molecule has 0 atom stereocenters. The summed E-state index contributed by atoms with van der Waals surface area (Å²) < 4.78 is 7.02. The summed E-state index contributed by atoms with van der Waals surface area (Å²) >= 11 is 6.02. The number of nitrogens with one attached hydrogen (secondary N) is 1. The zero-order chi connectivity index (χ0) is 19.4. The van der Waals surface area contributed by atoms with Crippen LogP contribution < -0.4 is 10.1 Å². The van der Waals surface area contributed by atoms with Crippen LogP contribution in [0.3, 0.4) is 0 Å². The Kier molecular flexibility index (Phi) is 5.32. The number of carbonyl (C=O) groups is 1. The second-order valence-electron chi connectivity index (χ2n) is 5.37. The molecule has 1 amide bonds.